The highest BCUT2D eigenvalue weighted by atomic mass is 16.5. The molecule has 5 heteroatoms. The Balaban J connectivity index is 3.80. The number of aliphatic hydroxyl groups excluding tert-OH is 1. The lowest BCUT2D eigenvalue weighted by Gasteiger charge is -2.26. The highest BCUT2D eigenvalue weighted by Gasteiger charge is 2.31. The van der Waals surface area contributed by atoms with Gasteiger partial charge in [-0.15, -0.1) is 0 Å². The molecule has 5 nitrogen and oxygen atoms in total. The summed E-state index contributed by atoms with van der Waals surface area (Å²) in [7, 11) is 0. The van der Waals surface area contributed by atoms with Gasteiger partial charge in [-0.1, -0.05) is 35.9 Å². The summed E-state index contributed by atoms with van der Waals surface area (Å²) in [6, 6.07) is 9.27. The van der Waals surface area contributed by atoms with Gasteiger partial charge < -0.3 is 9.84 Å². The van der Waals surface area contributed by atoms with E-state index in [4.69, 9.17) is 10.00 Å². The number of carbonyl (C=O) groups is 1. The standard InChI is InChI=1S/C25H28N2O3/c1-7-17(4)13-22(19(6)28)24(21-10-9-20(15-27)14-18(21)5)23(16(2)3)25(29)30-12-8-11-26/h7,9-10,13-14,24,28H,6,8,12H2,1-5H3/b17-7-,22-13+/t24-/m1/s1. The minimum absolute atomic E-state index is 0.0157. The van der Waals surface area contributed by atoms with Crippen molar-refractivity contribution < 1.29 is 14.6 Å². The van der Waals surface area contributed by atoms with Crippen LogP contribution in [0.25, 0.3) is 0 Å². The molecule has 0 aliphatic rings. The predicted octanol–water partition coefficient (Wildman–Crippen LogP) is 5.71. The van der Waals surface area contributed by atoms with E-state index in [1.165, 1.54) is 0 Å². The van der Waals surface area contributed by atoms with E-state index in [9.17, 15) is 15.2 Å². The molecule has 30 heavy (non-hydrogen) atoms. The van der Waals surface area contributed by atoms with Gasteiger partial charge in [-0.3, -0.25) is 0 Å². The molecule has 1 aromatic carbocycles. The van der Waals surface area contributed by atoms with Crippen LogP contribution < -0.4 is 0 Å². The van der Waals surface area contributed by atoms with Crippen LogP contribution in [-0.4, -0.2) is 17.7 Å². The number of nitriles is 2. The van der Waals surface area contributed by atoms with E-state index in [2.05, 4.69) is 12.6 Å². The zero-order chi connectivity index (χ0) is 22.8. The molecule has 1 N–H and O–H groups in total. The Morgan fingerprint density at radius 2 is 1.97 bits per heavy atom. The average Bonchev–Trinajstić information content (AvgIpc) is 2.69. The van der Waals surface area contributed by atoms with Crippen LogP contribution in [0, 0.1) is 29.6 Å². The minimum atomic E-state index is -0.648. The molecule has 0 aliphatic carbocycles. The first kappa shape index (κ1) is 24.5. The topological polar surface area (TPSA) is 94.1 Å². The van der Waals surface area contributed by atoms with Crippen LogP contribution in [0.15, 0.2) is 65.0 Å². The second kappa shape index (κ2) is 11.4. The third-order valence-corrected chi connectivity index (χ3v) is 4.69. The van der Waals surface area contributed by atoms with Gasteiger partial charge in [0, 0.05) is 17.1 Å². The van der Waals surface area contributed by atoms with Crippen molar-refractivity contribution in [2.75, 3.05) is 6.61 Å². The van der Waals surface area contributed by atoms with Gasteiger partial charge >= 0.3 is 5.97 Å². The molecule has 0 unspecified atom stereocenters. The molecule has 0 aromatic heterocycles. The molecule has 0 saturated heterocycles. The Kier molecular flexibility index (Phi) is 9.33. The van der Waals surface area contributed by atoms with Gasteiger partial charge in [0.15, 0.2) is 0 Å². The van der Waals surface area contributed by atoms with E-state index in [0.29, 0.717) is 16.7 Å². The molecule has 1 aromatic rings. The monoisotopic (exact) mass is 404 g/mol. The third kappa shape index (κ3) is 6.22. The molecular weight excluding hydrogens is 376 g/mol. The van der Waals surface area contributed by atoms with E-state index in [1.807, 2.05) is 32.9 Å². The molecule has 156 valence electrons. The van der Waals surface area contributed by atoms with Crippen LogP contribution in [0.1, 0.15) is 56.7 Å². The van der Waals surface area contributed by atoms with Crippen LogP contribution >= 0.6 is 0 Å². The molecule has 0 bridgehead atoms. The zero-order valence-corrected chi connectivity index (χ0v) is 18.2. The van der Waals surface area contributed by atoms with Crippen molar-refractivity contribution in [3.05, 3.63) is 81.7 Å². The summed E-state index contributed by atoms with van der Waals surface area (Å²) < 4.78 is 5.33. The van der Waals surface area contributed by atoms with E-state index < -0.39 is 11.9 Å². The molecule has 0 fully saturated rings. The number of hydrogen-bond donors (Lipinski definition) is 1. The van der Waals surface area contributed by atoms with Gasteiger partial charge in [-0.05, 0) is 57.9 Å². The Morgan fingerprint density at radius 1 is 1.30 bits per heavy atom. The Morgan fingerprint density at radius 3 is 2.43 bits per heavy atom. The van der Waals surface area contributed by atoms with Crippen molar-refractivity contribution in [1.82, 2.24) is 0 Å². The molecule has 1 atom stereocenters. The fraction of sp³-hybridized carbons (Fsp3) is 0.320. The summed E-state index contributed by atoms with van der Waals surface area (Å²) in [5.74, 6) is -1.36. The number of rotatable bonds is 8. The fourth-order valence-corrected chi connectivity index (χ4v) is 3.09. The SMILES string of the molecule is C=C(O)/C(=C\C(C)=C/C)[C@H](C(C(=O)OCCC#N)=C(C)C)c1ccc(C#N)cc1C. The largest absolute Gasteiger partial charge is 0.508 e. The lowest BCUT2D eigenvalue weighted by molar-refractivity contribution is -0.139. The number of benzene rings is 1. The van der Waals surface area contributed by atoms with Crippen LogP contribution in [0.2, 0.25) is 0 Å². The third-order valence-electron chi connectivity index (χ3n) is 4.69. The number of allylic oxidation sites excluding steroid dienone is 5. The first-order chi connectivity index (χ1) is 14.2. The van der Waals surface area contributed by atoms with Crippen molar-refractivity contribution in [1.29, 1.82) is 10.5 Å². The summed E-state index contributed by atoms with van der Waals surface area (Å²) in [5, 5.41) is 28.4. The van der Waals surface area contributed by atoms with Gasteiger partial charge in [-0.2, -0.15) is 10.5 Å². The Hall–Kier alpha value is -3.57. The molecule has 0 radical (unpaired) electrons. The Labute approximate surface area is 178 Å². The van der Waals surface area contributed by atoms with Crippen molar-refractivity contribution in [2.24, 2.45) is 0 Å². The first-order valence-corrected chi connectivity index (χ1v) is 9.62. The van der Waals surface area contributed by atoms with Crippen LogP contribution in [0.5, 0.6) is 0 Å². The number of aryl methyl sites for hydroxylation is 1. The van der Waals surface area contributed by atoms with Crippen LogP contribution in [-0.2, 0) is 9.53 Å². The minimum Gasteiger partial charge on any atom is -0.508 e. The number of esters is 1. The number of ether oxygens (including phenoxy) is 1. The molecule has 1 rings (SSSR count). The maximum absolute atomic E-state index is 13.0. The lowest BCUT2D eigenvalue weighted by Crippen LogP contribution is -2.20. The predicted molar refractivity (Wildman–Crippen MR) is 117 cm³/mol. The summed E-state index contributed by atoms with van der Waals surface area (Å²) in [6.07, 6.45) is 3.77. The maximum atomic E-state index is 13.0. The number of nitrogens with zero attached hydrogens (tertiary/aromatic N) is 2. The summed E-state index contributed by atoms with van der Waals surface area (Å²) in [6.45, 7) is 12.9. The van der Waals surface area contributed by atoms with E-state index >= 15 is 0 Å². The van der Waals surface area contributed by atoms with Gasteiger partial charge in [0.25, 0.3) is 0 Å². The fourth-order valence-electron chi connectivity index (χ4n) is 3.09. The summed E-state index contributed by atoms with van der Waals surface area (Å²) >= 11 is 0. The second-order valence-electron chi connectivity index (χ2n) is 7.15. The number of carbonyl (C=O) groups excluding carboxylic acids is 1. The number of aliphatic hydroxyl groups is 1. The van der Waals surface area contributed by atoms with Crippen LogP contribution in [0.4, 0.5) is 0 Å². The molecule has 0 spiro atoms. The molecule has 0 aliphatic heterocycles. The Bertz CT molecular complexity index is 994. The summed E-state index contributed by atoms with van der Waals surface area (Å²) in [4.78, 5) is 13.0. The van der Waals surface area contributed by atoms with Gasteiger partial charge in [0.1, 0.15) is 12.4 Å². The van der Waals surface area contributed by atoms with Crippen LogP contribution in [0.3, 0.4) is 0 Å². The van der Waals surface area contributed by atoms with Crippen molar-refractivity contribution in [2.45, 2.75) is 47.0 Å². The van der Waals surface area contributed by atoms with Gasteiger partial charge in [-0.25, -0.2) is 4.79 Å². The first-order valence-electron chi connectivity index (χ1n) is 9.62. The van der Waals surface area contributed by atoms with Crippen molar-refractivity contribution in [3.8, 4) is 12.1 Å². The highest BCUT2D eigenvalue weighted by molar-refractivity contribution is 5.92. The maximum Gasteiger partial charge on any atom is 0.334 e. The lowest BCUT2D eigenvalue weighted by atomic mass is 9.79. The molecule has 0 amide bonds. The van der Waals surface area contributed by atoms with E-state index in [1.54, 1.807) is 38.1 Å². The van der Waals surface area contributed by atoms with Crippen molar-refractivity contribution >= 4 is 5.97 Å². The summed E-state index contributed by atoms with van der Waals surface area (Å²) in [5.41, 5.74) is 4.50. The smallest absolute Gasteiger partial charge is 0.334 e. The second-order valence-corrected chi connectivity index (χ2v) is 7.15. The molecule has 0 heterocycles. The number of hydrogen-bond acceptors (Lipinski definition) is 5. The van der Waals surface area contributed by atoms with Gasteiger partial charge in [0.05, 0.1) is 24.1 Å². The van der Waals surface area contributed by atoms with E-state index in [-0.39, 0.29) is 18.8 Å². The molecule has 0 saturated carbocycles. The highest BCUT2D eigenvalue weighted by Crippen LogP contribution is 2.39. The average molecular weight is 405 g/mol. The normalized spacial score (nSPS) is 12.4. The molecular formula is C25H28N2O3. The quantitative estimate of drug-likeness (QED) is 0.197. The van der Waals surface area contributed by atoms with E-state index in [0.717, 1.165) is 22.3 Å². The van der Waals surface area contributed by atoms with Crippen molar-refractivity contribution in [3.63, 3.8) is 0 Å². The zero-order valence-electron chi connectivity index (χ0n) is 18.2. The van der Waals surface area contributed by atoms with Gasteiger partial charge in [0.2, 0.25) is 0 Å².